The molecule has 4 aromatic rings. The van der Waals surface area contributed by atoms with Crippen LogP contribution in [0.2, 0.25) is 0 Å². The molecule has 2 heterocycles. The first-order chi connectivity index (χ1) is 14.4. The van der Waals surface area contributed by atoms with Crippen LogP contribution >= 0.6 is 11.8 Å². The van der Waals surface area contributed by atoms with Gasteiger partial charge in [-0.3, -0.25) is 14.2 Å². The zero-order chi connectivity index (χ0) is 21.4. The molecule has 30 heavy (non-hydrogen) atoms. The molecule has 0 spiro atoms. The smallest absolute Gasteiger partial charge is 0.266 e. The van der Waals surface area contributed by atoms with Gasteiger partial charge in [-0.05, 0) is 44.2 Å². The van der Waals surface area contributed by atoms with Crippen molar-refractivity contribution in [2.24, 2.45) is 7.05 Å². The largest absolute Gasteiger partial charge is 0.351 e. The highest BCUT2D eigenvalue weighted by molar-refractivity contribution is 7.99. The van der Waals surface area contributed by atoms with Crippen LogP contribution in [0.4, 0.5) is 4.39 Å². The number of halogens is 1. The number of hydrogen-bond acceptors (Lipinski definition) is 4. The number of aromatic nitrogens is 3. The van der Waals surface area contributed by atoms with Crippen LogP contribution in [-0.4, -0.2) is 25.7 Å². The Hall–Kier alpha value is -3.19. The Balaban J connectivity index is 1.79. The number of ketones is 1. The van der Waals surface area contributed by atoms with E-state index in [4.69, 9.17) is 0 Å². The zero-order valence-electron chi connectivity index (χ0n) is 16.8. The molecule has 0 bridgehead atoms. The molecule has 0 atom stereocenters. The summed E-state index contributed by atoms with van der Waals surface area (Å²) in [4.78, 5) is 30.6. The maximum atomic E-state index is 14.5. The summed E-state index contributed by atoms with van der Waals surface area (Å²) in [5.74, 6) is -0.508. The van der Waals surface area contributed by atoms with Crippen molar-refractivity contribution in [3.63, 3.8) is 0 Å². The van der Waals surface area contributed by atoms with Crippen molar-refractivity contribution >= 4 is 28.4 Å². The molecule has 0 radical (unpaired) electrons. The second-order valence-electron chi connectivity index (χ2n) is 7.06. The van der Waals surface area contributed by atoms with Crippen molar-refractivity contribution in [1.82, 2.24) is 14.1 Å². The van der Waals surface area contributed by atoms with Gasteiger partial charge in [0.1, 0.15) is 5.82 Å². The van der Waals surface area contributed by atoms with E-state index in [1.165, 1.54) is 16.7 Å². The molecule has 0 fully saturated rings. The van der Waals surface area contributed by atoms with Gasteiger partial charge in [0, 0.05) is 24.0 Å². The van der Waals surface area contributed by atoms with E-state index in [1.807, 2.05) is 31.5 Å². The molecule has 0 unspecified atom stereocenters. The minimum atomic E-state index is -0.528. The number of carbonyl (C=O) groups excluding carboxylic acids is 1. The fourth-order valence-corrected chi connectivity index (χ4v) is 4.29. The van der Waals surface area contributed by atoms with Gasteiger partial charge in [-0.25, -0.2) is 9.37 Å². The quantitative estimate of drug-likeness (QED) is 0.271. The van der Waals surface area contributed by atoms with Crippen LogP contribution in [0.25, 0.3) is 16.6 Å². The zero-order valence-corrected chi connectivity index (χ0v) is 17.7. The lowest BCUT2D eigenvalue weighted by molar-refractivity contribution is 0.102. The van der Waals surface area contributed by atoms with Crippen molar-refractivity contribution in [3.05, 3.63) is 87.7 Å². The lowest BCUT2D eigenvalue weighted by Gasteiger charge is -2.13. The summed E-state index contributed by atoms with van der Waals surface area (Å²) in [5, 5.41) is 0.674. The van der Waals surface area contributed by atoms with E-state index < -0.39 is 5.82 Å². The Morgan fingerprint density at radius 1 is 1.10 bits per heavy atom. The normalized spacial score (nSPS) is 11.2. The van der Waals surface area contributed by atoms with Gasteiger partial charge in [-0.2, -0.15) is 0 Å². The van der Waals surface area contributed by atoms with Gasteiger partial charge in [-0.15, -0.1) is 0 Å². The molecule has 2 aromatic carbocycles. The predicted molar refractivity (Wildman–Crippen MR) is 117 cm³/mol. The van der Waals surface area contributed by atoms with Gasteiger partial charge < -0.3 is 4.57 Å². The van der Waals surface area contributed by atoms with E-state index >= 15 is 0 Å². The van der Waals surface area contributed by atoms with Crippen LogP contribution in [0.3, 0.4) is 0 Å². The van der Waals surface area contributed by atoms with E-state index in [9.17, 15) is 14.0 Å². The minimum Gasteiger partial charge on any atom is -0.351 e. The van der Waals surface area contributed by atoms with Crippen LogP contribution in [0, 0.1) is 19.7 Å². The van der Waals surface area contributed by atoms with Gasteiger partial charge in [0.2, 0.25) is 0 Å². The Kier molecular flexibility index (Phi) is 5.30. The Morgan fingerprint density at radius 2 is 1.80 bits per heavy atom. The molecule has 0 N–H and O–H groups in total. The van der Waals surface area contributed by atoms with E-state index in [1.54, 1.807) is 36.4 Å². The second kappa shape index (κ2) is 7.91. The number of para-hydroxylation sites is 2. The fraction of sp³-hybridized carbons (Fsp3) is 0.174. The number of thioether (sulfide) groups is 1. The van der Waals surface area contributed by atoms with Gasteiger partial charge in [-0.1, -0.05) is 36.0 Å². The summed E-state index contributed by atoms with van der Waals surface area (Å²) < 4.78 is 17.7. The lowest BCUT2D eigenvalue weighted by atomic mass is 10.2. The number of aryl methyl sites for hydroxylation is 1. The maximum absolute atomic E-state index is 14.5. The van der Waals surface area contributed by atoms with Crippen molar-refractivity contribution in [1.29, 1.82) is 0 Å². The van der Waals surface area contributed by atoms with E-state index in [2.05, 4.69) is 4.98 Å². The molecule has 0 saturated heterocycles. The highest BCUT2D eigenvalue weighted by atomic mass is 32.2. The molecule has 0 aliphatic carbocycles. The number of hydrogen-bond donors (Lipinski definition) is 0. The maximum Gasteiger partial charge on any atom is 0.266 e. The van der Waals surface area contributed by atoms with E-state index in [0.29, 0.717) is 16.5 Å². The fourth-order valence-electron chi connectivity index (χ4n) is 3.40. The highest BCUT2D eigenvalue weighted by Crippen LogP contribution is 2.24. The Morgan fingerprint density at radius 3 is 2.50 bits per heavy atom. The molecule has 5 nitrogen and oxygen atoms in total. The minimum absolute atomic E-state index is 0.0660. The molecule has 0 aliphatic heterocycles. The number of nitrogens with zero attached hydrogens (tertiary/aromatic N) is 3. The average molecular weight is 421 g/mol. The topological polar surface area (TPSA) is 56.9 Å². The number of benzene rings is 2. The number of rotatable bonds is 5. The van der Waals surface area contributed by atoms with Crippen LogP contribution in [0.5, 0.6) is 0 Å². The van der Waals surface area contributed by atoms with Gasteiger partial charge in [0.05, 0.1) is 22.3 Å². The molecular formula is C23H20FN3O2S. The van der Waals surface area contributed by atoms with Crippen LogP contribution in [0.15, 0.2) is 64.5 Å². The first kappa shape index (κ1) is 20.1. The average Bonchev–Trinajstić information content (AvgIpc) is 3.00. The second-order valence-corrected chi connectivity index (χ2v) is 8.00. The summed E-state index contributed by atoms with van der Waals surface area (Å²) in [5.41, 5.74) is 2.78. The molecule has 152 valence electrons. The molecule has 4 rings (SSSR count). The summed E-state index contributed by atoms with van der Waals surface area (Å²) in [6.07, 6.45) is 0. The summed E-state index contributed by atoms with van der Waals surface area (Å²) in [6, 6.07) is 14.8. The van der Waals surface area contributed by atoms with Gasteiger partial charge in [0.15, 0.2) is 10.9 Å². The van der Waals surface area contributed by atoms with Crippen molar-refractivity contribution in [2.45, 2.75) is 19.0 Å². The van der Waals surface area contributed by atoms with Crippen LogP contribution < -0.4 is 5.56 Å². The third-order valence-corrected chi connectivity index (χ3v) is 6.18. The SMILES string of the molecule is Cc1cc(C(=O)CSc2nc3ccccc3c(=O)n2-c2ccccc2F)c(C)n1C. The molecule has 0 aliphatic rings. The number of fused-ring (bicyclic) bond motifs is 1. The van der Waals surface area contributed by atoms with Crippen LogP contribution in [-0.2, 0) is 7.05 Å². The van der Waals surface area contributed by atoms with Gasteiger partial charge >= 0.3 is 0 Å². The van der Waals surface area contributed by atoms with Crippen molar-refractivity contribution in [3.8, 4) is 5.69 Å². The van der Waals surface area contributed by atoms with E-state index in [-0.39, 0.29) is 27.9 Å². The first-order valence-corrected chi connectivity index (χ1v) is 10.4. The molecule has 0 amide bonds. The summed E-state index contributed by atoms with van der Waals surface area (Å²) in [7, 11) is 1.91. The van der Waals surface area contributed by atoms with Crippen molar-refractivity contribution in [2.75, 3.05) is 5.75 Å². The first-order valence-electron chi connectivity index (χ1n) is 9.44. The van der Waals surface area contributed by atoms with E-state index in [0.717, 1.165) is 23.1 Å². The molecule has 2 aromatic heterocycles. The third kappa shape index (κ3) is 3.45. The molecule has 7 heteroatoms. The highest BCUT2D eigenvalue weighted by Gasteiger charge is 2.19. The van der Waals surface area contributed by atoms with Crippen LogP contribution in [0.1, 0.15) is 21.7 Å². The summed E-state index contributed by atoms with van der Waals surface area (Å²) in [6.45, 7) is 3.84. The standard InChI is InChI=1S/C23H20FN3O2S/c1-14-12-17(15(2)26(14)3)21(28)13-30-23-25-19-10-6-4-8-16(19)22(29)27(23)20-11-7-5-9-18(20)24/h4-12H,13H2,1-3H3. The molecular weight excluding hydrogens is 401 g/mol. The number of Topliss-reactive ketones (excluding diaryl/α,β-unsaturated/α-hetero) is 1. The van der Waals surface area contributed by atoms with Gasteiger partial charge in [0.25, 0.3) is 5.56 Å². The lowest BCUT2D eigenvalue weighted by Crippen LogP contribution is -2.23. The van der Waals surface area contributed by atoms with Crippen molar-refractivity contribution < 1.29 is 9.18 Å². The number of carbonyl (C=O) groups is 1. The third-order valence-electron chi connectivity index (χ3n) is 5.25. The summed E-state index contributed by atoms with van der Waals surface area (Å²) >= 11 is 1.13. The monoisotopic (exact) mass is 421 g/mol. The Labute approximate surface area is 177 Å². The predicted octanol–water partition coefficient (Wildman–Crippen LogP) is 4.46. The Bertz CT molecular complexity index is 1340. The molecule has 0 saturated carbocycles.